The summed E-state index contributed by atoms with van der Waals surface area (Å²) in [4.78, 5) is 11.3. The lowest BCUT2D eigenvalue weighted by Gasteiger charge is -2.42. The Morgan fingerprint density at radius 1 is 1.28 bits per heavy atom. The third-order valence-corrected chi connectivity index (χ3v) is 9.35. The highest BCUT2D eigenvalue weighted by molar-refractivity contribution is 6.73. The first-order chi connectivity index (χ1) is 8.39. The van der Waals surface area contributed by atoms with E-state index in [2.05, 4.69) is 40.7 Å². The summed E-state index contributed by atoms with van der Waals surface area (Å²) in [5, 5.41) is 0. The second-order valence-corrected chi connectivity index (χ2v) is 10.6. The van der Waals surface area contributed by atoms with E-state index in [1.165, 1.54) is 18.1 Å². The molecule has 0 aromatic carbocycles. The maximum Gasteiger partial charge on any atom is 0.192 e. The standard InChI is InChI=1S/C15H28O2Si/c1-6-18(7-2,8-3)17-15(4,5)13-9-11-14(16)12-10-13/h9,11,13H,6-8,10,12H2,1-5H3. The number of hydrogen-bond donors (Lipinski definition) is 0. The van der Waals surface area contributed by atoms with Gasteiger partial charge in [0.05, 0.1) is 5.60 Å². The number of allylic oxidation sites excluding steroid dienone is 1. The van der Waals surface area contributed by atoms with Gasteiger partial charge >= 0.3 is 0 Å². The monoisotopic (exact) mass is 268 g/mol. The fraction of sp³-hybridized carbons (Fsp3) is 0.800. The molecule has 2 nitrogen and oxygen atoms in total. The molecule has 0 N–H and O–H groups in total. The Bertz CT molecular complexity index is 308. The summed E-state index contributed by atoms with van der Waals surface area (Å²) >= 11 is 0. The van der Waals surface area contributed by atoms with Gasteiger partial charge < -0.3 is 4.43 Å². The molecule has 104 valence electrons. The zero-order valence-electron chi connectivity index (χ0n) is 12.6. The Morgan fingerprint density at radius 3 is 2.22 bits per heavy atom. The van der Waals surface area contributed by atoms with E-state index in [9.17, 15) is 4.79 Å². The average molecular weight is 268 g/mol. The van der Waals surface area contributed by atoms with Gasteiger partial charge in [-0.15, -0.1) is 0 Å². The second-order valence-electron chi connectivity index (χ2n) is 5.92. The van der Waals surface area contributed by atoms with Crippen LogP contribution in [0.3, 0.4) is 0 Å². The van der Waals surface area contributed by atoms with Crippen molar-refractivity contribution in [2.75, 3.05) is 0 Å². The lowest BCUT2D eigenvalue weighted by Crippen LogP contribution is -2.48. The molecule has 0 saturated carbocycles. The minimum absolute atomic E-state index is 0.133. The molecule has 0 saturated heterocycles. The summed E-state index contributed by atoms with van der Waals surface area (Å²) in [6, 6.07) is 3.54. The van der Waals surface area contributed by atoms with Gasteiger partial charge in [0.1, 0.15) is 0 Å². The molecular weight excluding hydrogens is 240 g/mol. The van der Waals surface area contributed by atoms with Crippen LogP contribution in [0.25, 0.3) is 0 Å². The van der Waals surface area contributed by atoms with Crippen LogP contribution in [0.1, 0.15) is 47.5 Å². The summed E-state index contributed by atoms with van der Waals surface area (Å²) in [7, 11) is -1.57. The fourth-order valence-electron chi connectivity index (χ4n) is 2.88. The van der Waals surface area contributed by atoms with Crippen molar-refractivity contribution in [2.24, 2.45) is 5.92 Å². The van der Waals surface area contributed by atoms with Crippen LogP contribution in [-0.2, 0) is 9.22 Å². The zero-order valence-corrected chi connectivity index (χ0v) is 13.6. The van der Waals surface area contributed by atoms with Crippen molar-refractivity contribution in [2.45, 2.75) is 71.2 Å². The van der Waals surface area contributed by atoms with E-state index in [0.29, 0.717) is 12.3 Å². The molecule has 3 heteroatoms. The fourth-order valence-corrected chi connectivity index (χ4v) is 6.08. The molecule has 0 aliphatic heterocycles. The van der Waals surface area contributed by atoms with E-state index in [4.69, 9.17) is 4.43 Å². The molecule has 0 heterocycles. The Hall–Kier alpha value is -0.413. The van der Waals surface area contributed by atoms with E-state index in [1.54, 1.807) is 6.08 Å². The minimum Gasteiger partial charge on any atom is -0.411 e. The van der Waals surface area contributed by atoms with Crippen LogP contribution in [-0.4, -0.2) is 19.7 Å². The van der Waals surface area contributed by atoms with Crippen molar-refractivity contribution >= 4 is 14.1 Å². The van der Waals surface area contributed by atoms with Crippen LogP contribution >= 0.6 is 0 Å². The normalized spacial score (nSPS) is 21.4. The molecule has 1 atom stereocenters. The van der Waals surface area contributed by atoms with Crippen LogP contribution in [0.15, 0.2) is 12.2 Å². The predicted octanol–water partition coefficient (Wildman–Crippen LogP) is 4.32. The molecule has 0 amide bonds. The summed E-state index contributed by atoms with van der Waals surface area (Å²) < 4.78 is 6.62. The first-order valence-corrected chi connectivity index (χ1v) is 9.83. The molecule has 0 aromatic heterocycles. The van der Waals surface area contributed by atoms with Gasteiger partial charge in [-0.1, -0.05) is 26.8 Å². The van der Waals surface area contributed by atoms with Crippen molar-refractivity contribution in [3.05, 3.63) is 12.2 Å². The highest BCUT2D eigenvalue weighted by Crippen LogP contribution is 2.35. The summed E-state index contributed by atoms with van der Waals surface area (Å²) in [6.07, 6.45) is 5.41. The summed E-state index contributed by atoms with van der Waals surface area (Å²) in [5.74, 6) is 0.638. The van der Waals surface area contributed by atoms with E-state index in [0.717, 1.165) is 6.42 Å². The average Bonchev–Trinajstić information content (AvgIpc) is 2.37. The first kappa shape index (κ1) is 15.6. The Labute approximate surface area is 113 Å². The van der Waals surface area contributed by atoms with E-state index >= 15 is 0 Å². The number of ketones is 1. The lowest BCUT2D eigenvalue weighted by atomic mass is 9.83. The smallest absolute Gasteiger partial charge is 0.192 e. The van der Waals surface area contributed by atoms with Gasteiger partial charge in [0, 0.05) is 12.3 Å². The van der Waals surface area contributed by atoms with Crippen molar-refractivity contribution in [1.29, 1.82) is 0 Å². The molecule has 1 aliphatic carbocycles. The topological polar surface area (TPSA) is 26.3 Å². The number of carbonyl (C=O) groups is 1. The quantitative estimate of drug-likeness (QED) is 0.671. The van der Waals surface area contributed by atoms with E-state index < -0.39 is 8.32 Å². The molecular formula is C15H28O2Si. The molecule has 1 rings (SSSR count). The third-order valence-electron chi connectivity index (χ3n) is 4.52. The number of rotatable bonds is 6. The molecule has 1 aliphatic rings. The lowest BCUT2D eigenvalue weighted by molar-refractivity contribution is -0.115. The van der Waals surface area contributed by atoms with Crippen LogP contribution < -0.4 is 0 Å². The van der Waals surface area contributed by atoms with Crippen LogP contribution in [0, 0.1) is 5.92 Å². The molecule has 0 aromatic rings. The highest BCUT2D eigenvalue weighted by atomic mass is 28.4. The van der Waals surface area contributed by atoms with Crippen LogP contribution in [0.4, 0.5) is 0 Å². The van der Waals surface area contributed by atoms with E-state index in [-0.39, 0.29) is 11.4 Å². The molecule has 0 spiro atoms. The van der Waals surface area contributed by atoms with Gasteiger partial charge in [-0.3, -0.25) is 4.79 Å². The van der Waals surface area contributed by atoms with Gasteiger partial charge in [0.25, 0.3) is 0 Å². The molecule has 18 heavy (non-hydrogen) atoms. The first-order valence-electron chi connectivity index (χ1n) is 7.30. The largest absolute Gasteiger partial charge is 0.411 e. The minimum atomic E-state index is -1.57. The highest BCUT2D eigenvalue weighted by Gasteiger charge is 2.39. The Morgan fingerprint density at radius 2 is 1.83 bits per heavy atom. The zero-order chi connectivity index (χ0) is 13.8. The molecule has 0 bridgehead atoms. The Kier molecular flexibility index (Phi) is 5.35. The van der Waals surface area contributed by atoms with Crippen molar-refractivity contribution in [1.82, 2.24) is 0 Å². The third kappa shape index (κ3) is 3.54. The number of hydrogen-bond acceptors (Lipinski definition) is 2. The van der Waals surface area contributed by atoms with Crippen molar-refractivity contribution in [3.8, 4) is 0 Å². The maximum absolute atomic E-state index is 11.3. The van der Waals surface area contributed by atoms with Crippen LogP contribution in [0.5, 0.6) is 0 Å². The van der Waals surface area contributed by atoms with Gasteiger partial charge in [-0.25, -0.2) is 0 Å². The predicted molar refractivity (Wildman–Crippen MR) is 79.2 cm³/mol. The molecule has 0 fully saturated rings. The van der Waals surface area contributed by atoms with Gasteiger partial charge in [0.15, 0.2) is 14.1 Å². The number of carbonyl (C=O) groups excluding carboxylic acids is 1. The SMILES string of the molecule is CC[Si](CC)(CC)OC(C)(C)C1C=CC(=O)CC1. The molecule has 1 unspecified atom stereocenters. The summed E-state index contributed by atoms with van der Waals surface area (Å²) in [6.45, 7) is 11.2. The van der Waals surface area contributed by atoms with Gasteiger partial charge in [-0.2, -0.15) is 0 Å². The summed E-state index contributed by atoms with van der Waals surface area (Å²) in [5.41, 5.74) is -0.133. The van der Waals surface area contributed by atoms with Crippen LogP contribution in [0.2, 0.25) is 18.1 Å². The van der Waals surface area contributed by atoms with Crippen molar-refractivity contribution < 1.29 is 9.22 Å². The second kappa shape index (κ2) is 6.16. The Balaban J connectivity index is 2.80. The van der Waals surface area contributed by atoms with Gasteiger partial charge in [-0.05, 0) is 44.5 Å². The van der Waals surface area contributed by atoms with Crippen molar-refractivity contribution in [3.63, 3.8) is 0 Å². The van der Waals surface area contributed by atoms with Gasteiger partial charge in [0.2, 0.25) is 0 Å². The van der Waals surface area contributed by atoms with E-state index in [1.807, 2.05) is 0 Å². The molecule has 0 radical (unpaired) electrons. The maximum atomic E-state index is 11.3.